The zero-order chi connectivity index (χ0) is 16.6. The molecule has 116 valence electrons. The summed E-state index contributed by atoms with van der Waals surface area (Å²) in [6, 6.07) is 8.55. The van der Waals surface area contributed by atoms with Gasteiger partial charge in [0.2, 0.25) is 0 Å². The van der Waals surface area contributed by atoms with Crippen LogP contribution in [0.15, 0.2) is 46.4 Å². The van der Waals surface area contributed by atoms with E-state index in [1.807, 2.05) is 32.0 Å². The van der Waals surface area contributed by atoms with Crippen molar-refractivity contribution in [2.75, 3.05) is 0 Å². The van der Waals surface area contributed by atoms with Crippen molar-refractivity contribution in [3.63, 3.8) is 0 Å². The Kier molecular flexibility index (Phi) is 3.57. The van der Waals surface area contributed by atoms with Crippen LogP contribution in [0.2, 0.25) is 0 Å². The first kappa shape index (κ1) is 14.8. The highest BCUT2D eigenvalue weighted by Crippen LogP contribution is 2.30. The van der Waals surface area contributed by atoms with Crippen LogP contribution < -0.4 is 0 Å². The largest absolute Gasteiger partial charge is 0.433 e. The molecular weight excluding hydrogens is 298 g/mol. The molecule has 0 atom stereocenters. The van der Waals surface area contributed by atoms with E-state index in [1.165, 1.54) is 18.2 Å². The Morgan fingerprint density at radius 2 is 1.96 bits per heavy atom. The molecule has 0 saturated carbocycles. The average Bonchev–Trinajstić information content (AvgIpc) is 3.10. The molecule has 0 spiro atoms. The number of nitrogens with zero attached hydrogens (tertiary/aromatic N) is 1. The van der Waals surface area contributed by atoms with E-state index in [2.05, 4.69) is 0 Å². The molecule has 1 aromatic heterocycles. The quantitative estimate of drug-likeness (QED) is 0.373. The monoisotopic (exact) mass is 311 g/mol. The zero-order valence-electron chi connectivity index (χ0n) is 12.5. The van der Waals surface area contributed by atoms with Gasteiger partial charge in [-0.1, -0.05) is 17.7 Å². The summed E-state index contributed by atoms with van der Waals surface area (Å²) in [7, 11) is 0. The Labute approximate surface area is 131 Å². The lowest BCUT2D eigenvalue weighted by molar-refractivity contribution is -0.402. The number of furan rings is 1. The van der Waals surface area contributed by atoms with Gasteiger partial charge in [0.15, 0.2) is 0 Å². The SMILES string of the molecule is Cc1ccc(C)c(C2=C/C(=C/c3ccc([N+](=O)[O-])o3)C(=O)O2)c1. The summed E-state index contributed by atoms with van der Waals surface area (Å²) < 4.78 is 10.3. The molecule has 2 aromatic rings. The summed E-state index contributed by atoms with van der Waals surface area (Å²) in [6.07, 6.45) is 3.03. The molecule has 0 amide bonds. The number of rotatable bonds is 3. The maximum atomic E-state index is 12.0. The zero-order valence-corrected chi connectivity index (χ0v) is 12.5. The first-order valence-corrected chi connectivity index (χ1v) is 6.91. The molecule has 0 radical (unpaired) electrons. The normalized spacial score (nSPS) is 15.7. The van der Waals surface area contributed by atoms with E-state index in [1.54, 1.807) is 6.08 Å². The molecular formula is C17H13NO5. The number of carbonyl (C=O) groups is 1. The minimum Gasteiger partial charge on any atom is -0.422 e. The lowest BCUT2D eigenvalue weighted by Gasteiger charge is -2.06. The topological polar surface area (TPSA) is 82.6 Å². The second-order valence-corrected chi connectivity index (χ2v) is 5.25. The van der Waals surface area contributed by atoms with Crippen molar-refractivity contribution in [1.82, 2.24) is 0 Å². The molecule has 6 nitrogen and oxygen atoms in total. The van der Waals surface area contributed by atoms with Gasteiger partial charge in [0.05, 0.1) is 11.6 Å². The second-order valence-electron chi connectivity index (χ2n) is 5.25. The molecule has 3 rings (SSSR count). The lowest BCUT2D eigenvalue weighted by Crippen LogP contribution is -1.98. The van der Waals surface area contributed by atoms with Crippen molar-refractivity contribution in [1.29, 1.82) is 0 Å². The third kappa shape index (κ3) is 2.91. The van der Waals surface area contributed by atoms with Gasteiger partial charge in [-0.2, -0.15) is 0 Å². The van der Waals surface area contributed by atoms with Crippen molar-refractivity contribution in [3.8, 4) is 0 Å². The Morgan fingerprint density at radius 1 is 1.17 bits per heavy atom. The van der Waals surface area contributed by atoms with Crippen molar-refractivity contribution in [2.45, 2.75) is 13.8 Å². The van der Waals surface area contributed by atoms with Gasteiger partial charge >= 0.3 is 11.9 Å². The van der Waals surface area contributed by atoms with Crippen LogP contribution in [0.3, 0.4) is 0 Å². The highest BCUT2D eigenvalue weighted by Gasteiger charge is 2.24. The fraction of sp³-hybridized carbons (Fsp3) is 0.118. The fourth-order valence-electron chi connectivity index (χ4n) is 2.29. The fourth-order valence-corrected chi connectivity index (χ4v) is 2.29. The second kappa shape index (κ2) is 5.57. The van der Waals surface area contributed by atoms with E-state index in [0.717, 1.165) is 16.7 Å². The van der Waals surface area contributed by atoms with E-state index in [9.17, 15) is 14.9 Å². The minimum atomic E-state index is -0.633. The number of cyclic esters (lactones) is 1. The van der Waals surface area contributed by atoms with Crippen molar-refractivity contribution in [2.24, 2.45) is 0 Å². The van der Waals surface area contributed by atoms with E-state index >= 15 is 0 Å². The van der Waals surface area contributed by atoms with Gasteiger partial charge in [-0.05, 0) is 43.7 Å². The predicted molar refractivity (Wildman–Crippen MR) is 83.3 cm³/mol. The van der Waals surface area contributed by atoms with E-state index in [0.29, 0.717) is 5.76 Å². The van der Waals surface area contributed by atoms with Crippen LogP contribution in [0.25, 0.3) is 11.8 Å². The van der Waals surface area contributed by atoms with Crippen LogP contribution in [-0.2, 0) is 9.53 Å². The average molecular weight is 311 g/mol. The number of hydrogen-bond acceptors (Lipinski definition) is 5. The summed E-state index contributed by atoms with van der Waals surface area (Å²) in [5.74, 6) is -0.201. The standard InChI is InChI=1S/C17H13NO5/c1-10-3-4-11(2)14(7-10)15-9-12(17(19)23-15)8-13-5-6-16(22-13)18(20)21/h3-9H,1-2H3/b12-8-. The van der Waals surface area contributed by atoms with Gasteiger partial charge in [0.25, 0.3) is 0 Å². The Bertz CT molecular complexity index is 873. The molecule has 0 aliphatic carbocycles. The molecule has 0 unspecified atom stereocenters. The molecule has 6 heteroatoms. The van der Waals surface area contributed by atoms with Crippen molar-refractivity contribution >= 4 is 23.7 Å². The van der Waals surface area contributed by atoms with Crippen LogP contribution in [0.4, 0.5) is 5.88 Å². The van der Waals surface area contributed by atoms with Gasteiger partial charge in [-0.15, -0.1) is 0 Å². The molecule has 0 bridgehead atoms. The maximum absolute atomic E-state index is 12.0. The molecule has 0 saturated heterocycles. The lowest BCUT2D eigenvalue weighted by atomic mass is 10.0. The van der Waals surface area contributed by atoms with Gasteiger partial charge in [-0.3, -0.25) is 10.1 Å². The molecule has 2 heterocycles. The first-order chi connectivity index (χ1) is 10.9. The van der Waals surface area contributed by atoms with Gasteiger partial charge in [-0.25, -0.2) is 4.79 Å². The van der Waals surface area contributed by atoms with Gasteiger partial charge < -0.3 is 9.15 Å². The highest BCUT2D eigenvalue weighted by atomic mass is 16.6. The van der Waals surface area contributed by atoms with Crippen LogP contribution in [-0.4, -0.2) is 10.9 Å². The molecule has 23 heavy (non-hydrogen) atoms. The number of carbonyl (C=O) groups excluding carboxylic acids is 1. The third-order valence-electron chi connectivity index (χ3n) is 3.47. The van der Waals surface area contributed by atoms with E-state index < -0.39 is 10.9 Å². The number of nitro groups is 1. The minimum absolute atomic E-state index is 0.224. The smallest absolute Gasteiger partial charge is 0.422 e. The molecule has 1 aromatic carbocycles. The number of ether oxygens (including phenoxy) is 1. The Morgan fingerprint density at radius 3 is 2.65 bits per heavy atom. The first-order valence-electron chi connectivity index (χ1n) is 6.91. The van der Waals surface area contributed by atoms with Crippen molar-refractivity contribution in [3.05, 3.63) is 74.5 Å². The summed E-state index contributed by atoms with van der Waals surface area (Å²) in [5, 5.41) is 10.6. The third-order valence-corrected chi connectivity index (χ3v) is 3.47. The summed E-state index contributed by atoms with van der Waals surface area (Å²) >= 11 is 0. The van der Waals surface area contributed by atoms with Crippen LogP contribution in [0, 0.1) is 24.0 Å². The van der Waals surface area contributed by atoms with Crippen LogP contribution >= 0.6 is 0 Å². The van der Waals surface area contributed by atoms with E-state index in [-0.39, 0.29) is 17.2 Å². The van der Waals surface area contributed by atoms with Crippen LogP contribution in [0.5, 0.6) is 0 Å². The van der Waals surface area contributed by atoms with Gasteiger partial charge in [0, 0.05) is 5.56 Å². The van der Waals surface area contributed by atoms with Gasteiger partial charge in [0.1, 0.15) is 16.4 Å². The number of benzene rings is 1. The molecule has 0 N–H and O–H groups in total. The Balaban J connectivity index is 1.96. The van der Waals surface area contributed by atoms with Crippen molar-refractivity contribution < 1.29 is 18.9 Å². The van der Waals surface area contributed by atoms with E-state index in [4.69, 9.17) is 9.15 Å². The molecule has 1 aliphatic heterocycles. The number of hydrogen-bond donors (Lipinski definition) is 0. The van der Waals surface area contributed by atoms with Crippen LogP contribution in [0.1, 0.15) is 22.5 Å². The summed E-state index contributed by atoms with van der Waals surface area (Å²) in [4.78, 5) is 22.0. The predicted octanol–water partition coefficient (Wildman–Crippen LogP) is 3.79. The Hall–Kier alpha value is -3.15. The maximum Gasteiger partial charge on any atom is 0.433 e. The number of aryl methyl sites for hydroxylation is 2. The summed E-state index contributed by atoms with van der Waals surface area (Å²) in [6.45, 7) is 3.89. The molecule has 1 aliphatic rings. The number of esters is 1. The summed E-state index contributed by atoms with van der Waals surface area (Å²) in [5.41, 5.74) is 3.17. The molecule has 0 fully saturated rings. The highest BCUT2D eigenvalue weighted by molar-refractivity contribution is 6.05.